The number of carbonyl (C=O) groups excluding carboxylic acids is 3. The predicted molar refractivity (Wildman–Crippen MR) is 102 cm³/mol. The molecule has 3 atom stereocenters. The molecule has 0 aromatic heterocycles. The van der Waals surface area contributed by atoms with E-state index < -0.39 is 24.0 Å². The fourth-order valence-corrected chi connectivity index (χ4v) is 4.48. The van der Waals surface area contributed by atoms with Crippen molar-refractivity contribution >= 4 is 23.9 Å². The van der Waals surface area contributed by atoms with Crippen LogP contribution in [-0.4, -0.2) is 69.1 Å². The van der Waals surface area contributed by atoms with Gasteiger partial charge < -0.3 is 26.6 Å². The normalized spacial score (nSPS) is 23.5. The maximum absolute atomic E-state index is 12.5. The van der Waals surface area contributed by atoms with Crippen LogP contribution < -0.4 is 34.9 Å². The van der Waals surface area contributed by atoms with Crippen LogP contribution in [0.2, 0.25) is 0 Å². The van der Waals surface area contributed by atoms with Crippen molar-refractivity contribution in [1.29, 1.82) is 0 Å². The van der Waals surface area contributed by atoms with Crippen molar-refractivity contribution in [2.45, 2.75) is 32.0 Å². The molecule has 3 aliphatic rings. The second kappa shape index (κ2) is 8.89. The van der Waals surface area contributed by atoms with Gasteiger partial charge in [-0.05, 0) is 29.7 Å². The summed E-state index contributed by atoms with van der Waals surface area (Å²) in [5.74, 6) is -1.86. The van der Waals surface area contributed by atoms with Gasteiger partial charge in [-0.1, -0.05) is 12.1 Å². The molecule has 11 heteroatoms. The number of phenolic OH excluding ortho intramolecular Hbond substituents is 1. The zero-order valence-corrected chi connectivity index (χ0v) is 19.2. The van der Waals surface area contributed by atoms with E-state index in [1.807, 2.05) is 0 Å². The number of carboxylic acids is 1. The number of hydrogen-bond acceptors (Lipinski definition) is 6. The van der Waals surface area contributed by atoms with E-state index in [-0.39, 0.29) is 73.4 Å². The number of likely N-dealkylation sites (tertiary alicyclic amines) is 1. The van der Waals surface area contributed by atoms with Crippen LogP contribution in [0.1, 0.15) is 20.3 Å². The molecular formula is C20H22N3NaO7. The number of phenols is 1. The van der Waals surface area contributed by atoms with Crippen molar-refractivity contribution in [2.24, 2.45) is 5.92 Å². The first-order valence-electron chi connectivity index (χ1n) is 9.52. The van der Waals surface area contributed by atoms with Crippen molar-refractivity contribution in [3.63, 3.8) is 0 Å². The number of β-lactam (4-membered cyclic amide) rings is 1. The average Bonchev–Trinajstić information content (AvgIpc) is 3.07. The van der Waals surface area contributed by atoms with E-state index in [9.17, 15) is 29.4 Å². The van der Waals surface area contributed by atoms with Crippen molar-refractivity contribution < 1.29 is 65.1 Å². The van der Waals surface area contributed by atoms with E-state index >= 15 is 0 Å². The van der Waals surface area contributed by atoms with Crippen molar-refractivity contribution in [3.05, 3.63) is 41.1 Å². The van der Waals surface area contributed by atoms with Crippen molar-refractivity contribution in [1.82, 2.24) is 15.1 Å². The van der Waals surface area contributed by atoms with Crippen LogP contribution in [-0.2, 0) is 25.7 Å². The van der Waals surface area contributed by atoms with Gasteiger partial charge in [0.1, 0.15) is 24.1 Å². The van der Waals surface area contributed by atoms with Gasteiger partial charge in [-0.2, -0.15) is 0 Å². The third-order valence-corrected chi connectivity index (χ3v) is 5.80. The van der Waals surface area contributed by atoms with Gasteiger partial charge in [0.05, 0.1) is 6.04 Å². The van der Waals surface area contributed by atoms with Gasteiger partial charge in [0.2, 0.25) is 5.91 Å². The van der Waals surface area contributed by atoms with Crippen LogP contribution in [0.4, 0.5) is 4.79 Å². The van der Waals surface area contributed by atoms with Crippen LogP contribution in [0.3, 0.4) is 0 Å². The van der Waals surface area contributed by atoms with E-state index in [1.165, 1.54) is 28.9 Å². The molecule has 2 saturated heterocycles. The Bertz CT molecular complexity index is 968. The molecule has 0 bridgehead atoms. The zero-order valence-electron chi connectivity index (χ0n) is 18.2. The summed E-state index contributed by atoms with van der Waals surface area (Å²) in [6.45, 7) is 1.67. The minimum Gasteiger partial charge on any atom is -1.00 e. The number of hydrogen-bond donors (Lipinski definition) is 3. The first kappa shape index (κ1) is 23.1. The monoisotopic (exact) mass is 439 g/mol. The summed E-state index contributed by atoms with van der Waals surface area (Å²) < 4.78 is 5.19. The second-order valence-corrected chi connectivity index (χ2v) is 7.63. The third kappa shape index (κ3) is 4.15. The molecule has 3 amide bonds. The maximum Gasteiger partial charge on any atom is 1.00 e. The molecule has 0 radical (unpaired) electrons. The quantitative estimate of drug-likeness (QED) is 0.342. The first-order valence-corrected chi connectivity index (χ1v) is 9.52. The second-order valence-electron chi connectivity index (χ2n) is 7.63. The Balaban J connectivity index is 0.00000181. The maximum atomic E-state index is 12.5. The number of aromatic hydroxyl groups is 1. The van der Waals surface area contributed by atoms with Gasteiger partial charge in [0.25, 0.3) is 5.91 Å². The predicted octanol–water partition coefficient (Wildman–Crippen LogP) is -2.46. The molecule has 0 spiro atoms. The SMILES string of the molecule is CC(=O)N1C[C@H]2CC(COC(=O)NCc3ccc(O)cc3)=C(C(=O)O)N3C(=O)[C@@H]1[C@@H]23.[H-].[Na+]. The number of benzene rings is 1. The zero-order chi connectivity index (χ0) is 21.6. The molecule has 3 aliphatic heterocycles. The molecule has 4 rings (SSSR count). The fraction of sp³-hybridized carbons (Fsp3) is 0.400. The Hall–Kier alpha value is -2.56. The summed E-state index contributed by atoms with van der Waals surface area (Å²) in [6.07, 6.45) is -0.395. The number of amides is 3. The van der Waals surface area contributed by atoms with Crippen molar-refractivity contribution in [2.75, 3.05) is 13.2 Å². The number of carbonyl (C=O) groups is 4. The van der Waals surface area contributed by atoms with Gasteiger partial charge in [-0.25, -0.2) is 9.59 Å². The molecule has 0 aliphatic carbocycles. The van der Waals surface area contributed by atoms with E-state index in [0.717, 1.165) is 5.56 Å². The molecule has 0 saturated carbocycles. The number of nitrogens with zero attached hydrogens (tertiary/aromatic N) is 2. The Morgan fingerprint density at radius 2 is 1.94 bits per heavy atom. The Morgan fingerprint density at radius 1 is 1.26 bits per heavy atom. The number of ether oxygens (including phenoxy) is 1. The molecular weight excluding hydrogens is 417 g/mol. The van der Waals surface area contributed by atoms with Crippen LogP contribution in [0.15, 0.2) is 35.5 Å². The van der Waals surface area contributed by atoms with Gasteiger partial charge in [-0.3, -0.25) is 14.5 Å². The number of aliphatic carboxylic acids is 1. The standard InChI is InChI=1S/C20H21N3O7.Na.H/c1-10(24)22-8-12-6-13(16(19(27)28)23-15(12)17(22)18(23)26)9-30-20(29)21-7-11-2-4-14(25)5-3-11;;/h2-5,12,15,17,25H,6-9H2,1H3,(H,21,29)(H,27,28);;/q;+1;-1/t12-,15-,17+;;/m1../s1. The Labute approximate surface area is 201 Å². The topological polar surface area (TPSA) is 136 Å². The number of alkyl carbamates (subject to hydrolysis) is 1. The van der Waals surface area contributed by atoms with E-state index in [1.54, 1.807) is 12.1 Å². The molecule has 160 valence electrons. The molecule has 0 unspecified atom stereocenters. The van der Waals surface area contributed by atoms with Gasteiger partial charge in [0.15, 0.2) is 0 Å². The summed E-state index contributed by atoms with van der Waals surface area (Å²) in [5.41, 5.74) is 0.943. The Kier molecular flexibility index (Phi) is 6.63. The Morgan fingerprint density at radius 3 is 2.55 bits per heavy atom. The van der Waals surface area contributed by atoms with Gasteiger partial charge >= 0.3 is 41.6 Å². The van der Waals surface area contributed by atoms with Crippen LogP contribution in [0.25, 0.3) is 0 Å². The van der Waals surface area contributed by atoms with E-state index in [0.29, 0.717) is 18.5 Å². The number of nitrogens with one attached hydrogen (secondary N) is 1. The van der Waals surface area contributed by atoms with E-state index in [2.05, 4.69) is 5.32 Å². The first-order chi connectivity index (χ1) is 14.3. The summed E-state index contributed by atoms with van der Waals surface area (Å²) >= 11 is 0. The minimum absolute atomic E-state index is 0. The molecule has 31 heavy (non-hydrogen) atoms. The summed E-state index contributed by atoms with van der Waals surface area (Å²) in [4.78, 5) is 51.0. The van der Waals surface area contributed by atoms with Crippen LogP contribution >= 0.6 is 0 Å². The number of carboxylic acid groups (broad SMARTS) is 1. The fourth-order valence-electron chi connectivity index (χ4n) is 4.48. The molecule has 1 aromatic rings. The molecule has 3 heterocycles. The number of rotatable bonds is 5. The molecule has 1 aromatic carbocycles. The summed E-state index contributed by atoms with van der Waals surface area (Å²) in [5, 5.41) is 21.5. The average molecular weight is 439 g/mol. The van der Waals surface area contributed by atoms with Gasteiger partial charge in [0, 0.05) is 25.9 Å². The molecule has 2 fully saturated rings. The van der Waals surface area contributed by atoms with Crippen molar-refractivity contribution in [3.8, 4) is 5.75 Å². The van der Waals surface area contributed by atoms with Gasteiger partial charge in [-0.15, -0.1) is 0 Å². The smallest absolute Gasteiger partial charge is 1.00 e. The van der Waals surface area contributed by atoms with E-state index in [4.69, 9.17) is 4.74 Å². The third-order valence-electron chi connectivity index (χ3n) is 5.80. The summed E-state index contributed by atoms with van der Waals surface area (Å²) in [7, 11) is 0. The molecule has 10 nitrogen and oxygen atoms in total. The minimum atomic E-state index is -1.26. The van der Waals surface area contributed by atoms with Crippen LogP contribution in [0.5, 0.6) is 5.75 Å². The summed E-state index contributed by atoms with van der Waals surface area (Å²) in [6, 6.07) is 5.35. The van der Waals surface area contributed by atoms with Crippen LogP contribution in [0, 0.1) is 5.92 Å². The largest absolute Gasteiger partial charge is 1.00 e. The molecule has 3 N–H and O–H groups in total.